The number of aromatic nitrogens is 9. The number of benzene rings is 1. The van der Waals surface area contributed by atoms with E-state index >= 15 is 0 Å². The summed E-state index contributed by atoms with van der Waals surface area (Å²) in [6.45, 7) is 9.46. The van der Waals surface area contributed by atoms with Gasteiger partial charge in [-0.3, -0.25) is 14.0 Å². The highest BCUT2D eigenvalue weighted by Crippen LogP contribution is 2.31. The van der Waals surface area contributed by atoms with E-state index in [1.54, 1.807) is 0 Å². The molecule has 0 radical (unpaired) electrons. The summed E-state index contributed by atoms with van der Waals surface area (Å²) in [6, 6.07) is 6.47. The predicted octanol–water partition coefficient (Wildman–Crippen LogP) is 9.54. The third-order valence-corrected chi connectivity index (χ3v) is 8.66. The van der Waals surface area contributed by atoms with Crippen LogP contribution in [0.25, 0.3) is 33.8 Å². The second-order valence-corrected chi connectivity index (χ2v) is 12.7. The number of unbranched alkanes of at least 4 members (excludes halogenated alkanes) is 15. The Morgan fingerprint density at radius 3 is 0.933 bits per heavy atom. The molecule has 0 fully saturated rings. The average molecular weight is 616 g/mol. The molecule has 0 spiro atoms. The van der Waals surface area contributed by atoms with Gasteiger partial charge in [-0.2, -0.15) is 0 Å². The standard InChI is InChI=1S/C36H57N9/c1-4-7-10-13-16-19-22-43-28-34(37-40-43)31-25-32(35-29-44(41-38-35)23-20-17-14-11-8-5-2)27-33(26-31)36-30-45(42-39-36)24-21-18-15-12-9-6-3/h25-30H,4-24H2,1-3H3. The van der Waals surface area contributed by atoms with Crippen molar-refractivity contribution in [2.75, 3.05) is 0 Å². The number of hydrogen-bond acceptors (Lipinski definition) is 6. The highest BCUT2D eigenvalue weighted by Gasteiger charge is 2.14. The normalized spacial score (nSPS) is 11.5. The zero-order chi connectivity index (χ0) is 31.5. The lowest BCUT2D eigenvalue weighted by molar-refractivity contribution is 0.516. The number of nitrogens with zero attached hydrogens (tertiary/aromatic N) is 9. The first-order chi connectivity index (χ1) is 22.2. The Morgan fingerprint density at radius 2 is 0.644 bits per heavy atom. The van der Waals surface area contributed by atoms with Crippen molar-refractivity contribution in [2.24, 2.45) is 0 Å². The van der Waals surface area contributed by atoms with Crippen molar-refractivity contribution in [3.05, 3.63) is 36.8 Å². The van der Waals surface area contributed by atoms with Gasteiger partial charge in [0, 0.05) is 36.3 Å². The van der Waals surface area contributed by atoms with Gasteiger partial charge in [-0.1, -0.05) is 133 Å². The van der Waals surface area contributed by atoms with Crippen molar-refractivity contribution in [3.63, 3.8) is 0 Å². The fourth-order valence-electron chi connectivity index (χ4n) is 5.85. The summed E-state index contributed by atoms with van der Waals surface area (Å²) < 4.78 is 5.94. The number of aryl methyl sites for hydroxylation is 3. The maximum Gasteiger partial charge on any atom is 0.113 e. The highest BCUT2D eigenvalue weighted by molar-refractivity contribution is 5.77. The van der Waals surface area contributed by atoms with Gasteiger partial charge in [0.05, 0.1) is 18.6 Å². The third kappa shape index (κ3) is 11.8. The zero-order valence-electron chi connectivity index (χ0n) is 28.3. The Bertz CT molecular complexity index is 1180. The van der Waals surface area contributed by atoms with Gasteiger partial charge in [0.2, 0.25) is 0 Å². The second kappa shape index (κ2) is 19.9. The lowest BCUT2D eigenvalue weighted by Gasteiger charge is -2.05. The molecule has 0 unspecified atom stereocenters. The van der Waals surface area contributed by atoms with Gasteiger partial charge in [-0.05, 0) is 37.5 Å². The maximum atomic E-state index is 4.57. The van der Waals surface area contributed by atoms with Gasteiger partial charge >= 0.3 is 0 Å². The van der Waals surface area contributed by atoms with Crippen LogP contribution in [0.1, 0.15) is 136 Å². The monoisotopic (exact) mass is 615 g/mol. The molecule has 0 saturated carbocycles. The van der Waals surface area contributed by atoms with Crippen LogP contribution < -0.4 is 0 Å². The SMILES string of the molecule is CCCCCCCCn1cc(-c2cc(-c3cn(CCCCCCCC)nn3)cc(-c3cn(CCCCCCCC)nn3)c2)nn1. The van der Waals surface area contributed by atoms with Crippen LogP contribution in [-0.2, 0) is 19.6 Å². The van der Waals surface area contributed by atoms with Crippen LogP contribution in [0, 0.1) is 0 Å². The van der Waals surface area contributed by atoms with Crippen LogP contribution in [0.5, 0.6) is 0 Å². The Balaban J connectivity index is 1.47. The molecule has 0 saturated heterocycles. The molecule has 0 bridgehead atoms. The molecule has 4 aromatic rings. The molecule has 0 aliphatic carbocycles. The van der Waals surface area contributed by atoms with E-state index in [0.29, 0.717) is 0 Å². The largest absolute Gasteiger partial charge is 0.252 e. The smallest absolute Gasteiger partial charge is 0.113 e. The van der Waals surface area contributed by atoms with E-state index in [-0.39, 0.29) is 0 Å². The number of rotatable bonds is 24. The van der Waals surface area contributed by atoms with Gasteiger partial charge in [0.15, 0.2) is 0 Å². The summed E-state index contributed by atoms with van der Waals surface area (Å²) in [5.74, 6) is 0. The first-order valence-electron chi connectivity index (χ1n) is 18.1. The molecule has 0 N–H and O–H groups in total. The molecule has 9 nitrogen and oxygen atoms in total. The fraction of sp³-hybridized carbons (Fsp3) is 0.667. The Hall–Kier alpha value is -3.36. The van der Waals surface area contributed by atoms with Crippen LogP contribution in [-0.4, -0.2) is 45.0 Å². The minimum atomic E-state index is 0.864. The van der Waals surface area contributed by atoms with Crippen LogP contribution in [0.15, 0.2) is 36.8 Å². The highest BCUT2D eigenvalue weighted by atomic mass is 15.4. The van der Waals surface area contributed by atoms with Gasteiger partial charge in [-0.25, -0.2) is 0 Å². The van der Waals surface area contributed by atoms with E-state index in [1.807, 2.05) is 14.0 Å². The van der Waals surface area contributed by atoms with Gasteiger partial charge in [-0.15, -0.1) is 15.3 Å². The van der Waals surface area contributed by atoms with E-state index in [0.717, 1.165) is 72.7 Å². The molecular formula is C36H57N9. The van der Waals surface area contributed by atoms with Crippen molar-refractivity contribution < 1.29 is 0 Å². The van der Waals surface area contributed by atoms with Gasteiger partial charge < -0.3 is 0 Å². The summed E-state index contributed by atoms with van der Waals surface area (Å²) in [5, 5.41) is 27.1. The van der Waals surface area contributed by atoms with E-state index in [4.69, 9.17) is 0 Å². The van der Waals surface area contributed by atoms with E-state index in [9.17, 15) is 0 Å². The number of hydrogen-bond donors (Lipinski definition) is 0. The lowest BCUT2D eigenvalue weighted by atomic mass is 10.0. The summed E-state index contributed by atoms with van der Waals surface area (Å²) in [6.07, 6.45) is 28.9. The molecule has 0 atom stereocenters. The van der Waals surface area contributed by atoms with Crippen molar-refractivity contribution in [3.8, 4) is 33.8 Å². The van der Waals surface area contributed by atoms with Crippen molar-refractivity contribution in [1.82, 2.24) is 45.0 Å². The minimum absolute atomic E-state index is 0.864. The van der Waals surface area contributed by atoms with E-state index in [1.165, 1.54) is 96.3 Å². The lowest BCUT2D eigenvalue weighted by Crippen LogP contribution is -1.98. The maximum absolute atomic E-state index is 4.57. The topological polar surface area (TPSA) is 92.1 Å². The third-order valence-electron chi connectivity index (χ3n) is 8.66. The molecule has 3 heterocycles. The Kier molecular flexibility index (Phi) is 15.3. The summed E-state index contributed by atoms with van der Waals surface area (Å²) in [5.41, 5.74) is 5.61. The Morgan fingerprint density at radius 1 is 0.378 bits per heavy atom. The first-order valence-corrected chi connectivity index (χ1v) is 18.1. The first kappa shape index (κ1) is 34.5. The summed E-state index contributed by atoms with van der Waals surface area (Å²) in [4.78, 5) is 0. The molecule has 3 aromatic heterocycles. The second-order valence-electron chi connectivity index (χ2n) is 12.7. The molecule has 1 aromatic carbocycles. The molecule has 45 heavy (non-hydrogen) atoms. The van der Waals surface area contributed by atoms with Gasteiger partial charge in [0.25, 0.3) is 0 Å². The van der Waals surface area contributed by atoms with E-state index in [2.05, 4.69) is 88.5 Å². The molecular weight excluding hydrogens is 558 g/mol. The molecule has 0 amide bonds. The molecule has 0 aliphatic heterocycles. The Labute approximate surface area is 271 Å². The van der Waals surface area contributed by atoms with Crippen LogP contribution in [0.2, 0.25) is 0 Å². The predicted molar refractivity (Wildman–Crippen MR) is 184 cm³/mol. The van der Waals surface area contributed by atoms with Crippen molar-refractivity contribution in [2.45, 2.75) is 156 Å². The zero-order valence-corrected chi connectivity index (χ0v) is 28.3. The average Bonchev–Trinajstić information content (AvgIpc) is 3.84. The van der Waals surface area contributed by atoms with E-state index < -0.39 is 0 Å². The van der Waals surface area contributed by atoms with Crippen molar-refractivity contribution in [1.29, 1.82) is 0 Å². The molecule has 0 aliphatic rings. The minimum Gasteiger partial charge on any atom is -0.252 e. The van der Waals surface area contributed by atoms with Gasteiger partial charge in [0.1, 0.15) is 17.1 Å². The van der Waals surface area contributed by atoms with Crippen LogP contribution in [0.3, 0.4) is 0 Å². The quantitative estimate of drug-likeness (QED) is 0.0729. The van der Waals surface area contributed by atoms with Crippen molar-refractivity contribution >= 4 is 0 Å². The van der Waals surface area contributed by atoms with Crippen LogP contribution >= 0.6 is 0 Å². The molecule has 9 heteroatoms. The summed E-state index contributed by atoms with van der Waals surface area (Å²) in [7, 11) is 0. The summed E-state index contributed by atoms with van der Waals surface area (Å²) >= 11 is 0. The fourth-order valence-corrected chi connectivity index (χ4v) is 5.85. The molecule has 246 valence electrons. The van der Waals surface area contributed by atoms with Crippen LogP contribution in [0.4, 0.5) is 0 Å². The molecule has 4 rings (SSSR count).